The van der Waals surface area contributed by atoms with Crippen LogP contribution in [0.4, 0.5) is 9.93 Å². The first-order chi connectivity index (χ1) is 8.79. The maximum Gasteiger partial charge on any atom is 0.315 e. The van der Waals surface area contributed by atoms with Gasteiger partial charge in [0.25, 0.3) is 0 Å². The predicted molar refractivity (Wildman–Crippen MR) is 74.2 cm³/mol. The van der Waals surface area contributed by atoms with Gasteiger partial charge >= 0.3 is 6.03 Å². The van der Waals surface area contributed by atoms with Crippen molar-refractivity contribution in [3.63, 3.8) is 0 Å². The highest BCUT2D eigenvalue weighted by Gasteiger charge is 2.21. The third kappa shape index (κ3) is 3.60. The minimum Gasteiger partial charge on any atom is -0.348 e. The zero-order valence-corrected chi connectivity index (χ0v) is 11.5. The molecule has 6 heteroatoms. The second-order valence-electron chi connectivity index (χ2n) is 4.48. The van der Waals surface area contributed by atoms with Crippen molar-refractivity contribution >= 4 is 22.5 Å². The van der Waals surface area contributed by atoms with Crippen LogP contribution in [0, 0.1) is 0 Å². The van der Waals surface area contributed by atoms with Crippen molar-refractivity contribution in [2.75, 3.05) is 24.5 Å². The normalized spacial score (nSPS) is 16.6. The Morgan fingerprint density at radius 2 is 2.33 bits per heavy atom. The molecular formula is C12H20N4OS. The first kappa shape index (κ1) is 13.1. The number of nitrogens with zero attached hydrogens (tertiary/aromatic N) is 2. The highest BCUT2D eigenvalue weighted by molar-refractivity contribution is 7.13. The summed E-state index contributed by atoms with van der Waals surface area (Å²) in [4.78, 5) is 18.1. The molecule has 0 spiro atoms. The van der Waals surface area contributed by atoms with Crippen LogP contribution in [0.25, 0.3) is 0 Å². The van der Waals surface area contributed by atoms with Crippen molar-refractivity contribution in [1.29, 1.82) is 0 Å². The van der Waals surface area contributed by atoms with Crippen molar-refractivity contribution in [2.24, 2.45) is 0 Å². The highest BCUT2D eigenvalue weighted by Crippen LogP contribution is 2.21. The molecule has 1 fully saturated rings. The Labute approximate surface area is 112 Å². The molecule has 5 nitrogen and oxygen atoms in total. The molecule has 1 aromatic rings. The van der Waals surface area contributed by atoms with Crippen molar-refractivity contribution in [3.8, 4) is 0 Å². The Morgan fingerprint density at radius 1 is 1.56 bits per heavy atom. The van der Waals surface area contributed by atoms with Crippen LogP contribution in [0.1, 0.15) is 26.2 Å². The van der Waals surface area contributed by atoms with Crippen molar-refractivity contribution in [1.82, 2.24) is 15.6 Å². The average molecular weight is 268 g/mol. The second kappa shape index (κ2) is 6.58. The fraction of sp³-hybridized carbons (Fsp3) is 0.667. The number of hydrogen-bond donors (Lipinski definition) is 2. The fourth-order valence-corrected chi connectivity index (χ4v) is 2.76. The molecule has 100 valence electrons. The van der Waals surface area contributed by atoms with Gasteiger partial charge in [-0.2, -0.15) is 0 Å². The van der Waals surface area contributed by atoms with E-state index in [-0.39, 0.29) is 12.1 Å². The number of hydrogen-bond acceptors (Lipinski definition) is 4. The molecule has 2 heterocycles. The van der Waals surface area contributed by atoms with E-state index in [0.29, 0.717) is 0 Å². The summed E-state index contributed by atoms with van der Waals surface area (Å²) < 4.78 is 0. The van der Waals surface area contributed by atoms with E-state index < -0.39 is 0 Å². The molecule has 0 unspecified atom stereocenters. The van der Waals surface area contributed by atoms with Crippen LogP contribution in [0.5, 0.6) is 0 Å². The summed E-state index contributed by atoms with van der Waals surface area (Å²) in [6.07, 6.45) is 4.77. The number of carbonyl (C=O) groups is 1. The summed E-state index contributed by atoms with van der Waals surface area (Å²) >= 11 is 1.67. The number of aromatic nitrogens is 1. The fourth-order valence-electron chi connectivity index (χ4n) is 2.06. The third-order valence-electron chi connectivity index (χ3n) is 3.06. The van der Waals surface area contributed by atoms with Gasteiger partial charge in [-0.15, -0.1) is 11.3 Å². The topological polar surface area (TPSA) is 57.3 Å². The smallest absolute Gasteiger partial charge is 0.315 e. The molecule has 1 aliphatic rings. The van der Waals surface area contributed by atoms with E-state index in [0.717, 1.165) is 44.0 Å². The average Bonchev–Trinajstić information content (AvgIpc) is 2.91. The van der Waals surface area contributed by atoms with E-state index >= 15 is 0 Å². The number of carbonyl (C=O) groups excluding carboxylic acids is 1. The quantitative estimate of drug-likeness (QED) is 0.876. The Kier molecular flexibility index (Phi) is 4.81. The lowest BCUT2D eigenvalue weighted by Gasteiger charge is -2.32. The lowest BCUT2D eigenvalue weighted by atomic mass is 10.1. The van der Waals surface area contributed by atoms with Gasteiger partial charge in [-0.3, -0.25) is 0 Å². The molecule has 2 rings (SSSR count). The SMILES string of the molecule is CCCNC(=O)NC1CCN(c2nccs2)CC1. The van der Waals surface area contributed by atoms with Gasteiger partial charge in [0.05, 0.1) is 0 Å². The maximum absolute atomic E-state index is 11.5. The Morgan fingerprint density at radius 3 is 2.94 bits per heavy atom. The summed E-state index contributed by atoms with van der Waals surface area (Å²) in [5, 5.41) is 8.96. The minimum atomic E-state index is -0.0375. The van der Waals surface area contributed by atoms with Crippen LogP contribution in [-0.2, 0) is 0 Å². The van der Waals surface area contributed by atoms with Crippen LogP contribution in [0.3, 0.4) is 0 Å². The summed E-state index contributed by atoms with van der Waals surface area (Å²) in [6.45, 7) is 4.72. The lowest BCUT2D eigenvalue weighted by Crippen LogP contribution is -2.48. The number of nitrogens with one attached hydrogen (secondary N) is 2. The van der Waals surface area contributed by atoms with E-state index in [9.17, 15) is 4.79 Å². The number of anilines is 1. The van der Waals surface area contributed by atoms with Crippen molar-refractivity contribution < 1.29 is 4.79 Å². The molecule has 0 radical (unpaired) electrons. The predicted octanol–water partition coefficient (Wildman–Crippen LogP) is 1.82. The van der Waals surface area contributed by atoms with Gasteiger partial charge in [-0.25, -0.2) is 9.78 Å². The van der Waals surface area contributed by atoms with E-state index in [1.54, 1.807) is 11.3 Å². The molecule has 0 aromatic carbocycles. The van der Waals surface area contributed by atoms with Gasteiger partial charge in [0, 0.05) is 37.3 Å². The summed E-state index contributed by atoms with van der Waals surface area (Å²) in [7, 11) is 0. The largest absolute Gasteiger partial charge is 0.348 e. The van der Waals surface area contributed by atoms with E-state index in [1.807, 2.05) is 18.5 Å². The van der Waals surface area contributed by atoms with Gasteiger partial charge in [0.15, 0.2) is 5.13 Å². The van der Waals surface area contributed by atoms with Gasteiger partial charge in [-0.05, 0) is 19.3 Å². The van der Waals surface area contributed by atoms with Crippen molar-refractivity contribution in [3.05, 3.63) is 11.6 Å². The number of piperidine rings is 1. The zero-order chi connectivity index (χ0) is 12.8. The first-order valence-corrected chi connectivity index (χ1v) is 7.36. The maximum atomic E-state index is 11.5. The van der Waals surface area contributed by atoms with E-state index in [2.05, 4.69) is 20.5 Å². The molecule has 1 saturated heterocycles. The zero-order valence-electron chi connectivity index (χ0n) is 10.7. The summed E-state index contributed by atoms with van der Waals surface area (Å²) in [5.74, 6) is 0. The molecule has 1 aromatic heterocycles. The Bertz CT molecular complexity index is 360. The standard InChI is InChI=1S/C12H20N4OS/c1-2-5-13-11(17)15-10-3-7-16(8-4-10)12-14-6-9-18-12/h6,9-10H,2-5,7-8H2,1H3,(H2,13,15,17). The van der Waals surface area contributed by atoms with Gasteiger partial charge < -0.3 is 15.5 Å². The molecule has 0 saturated carbocycles. The number of amides is 2. The van der Waals surface area contributed by atoms with Crippen molar-refractivity contribution in [2.45, 2.75) is 32.2 Å². The summed E-state index contributed by atoms with van der Waals surface area (Å²) in [5.41, 5.74) is 0. The summed E-state index contributed by atoms with van der Waals surface area (Å²) in [6, 6.07) is 0.252. The molecule has 0 atom stereocenters. The molecule has 18 heavy (non-hydrogen) atoms. The number of urea groups is 1. The molecule has 1 aliphatic heterocycles. The van der Waals surface area contributed by atoms with Crippen LogP contribution in [0.2, 0.25) is 0 Å². The van der Waals surface area contributed by atoms with E-state index in [4.69, 9.17) is 0 Å². The van der Waals surface area contributed by atoms with Crippen LogP contribution >= 0.6 is 11.3 Å². The monoisotopic (exact) mass is 268 g/mol. The molecular weight excluding hydrogens is 248 g/mol. The van der Waals surface area contributed by atoms with Gasteiger partial charge in [0.1, 0.15) is 0 Å². The van der Waals surface area contributed by atoms with Gasteiger partial charge in [-0.1, -0.05) is 6.92 Å². The minimum absolute atomic E-state index is 0.0375. The Hall–Kier alpha value is -1.30. The lowest BCUT2D eigenvalue weighted by molar-refractivity contribution is 0.234. The van der Waals surface area contributed by atoms with Gasteiger partial charge in [0.2, 0.25) is 0 Å². The second-order valence-corrected chi connectivity index (χ2v) is 5.35. The molecule has 2 amide bonds. The van der Waals surface area contributed by atoms with E-state index in [1.165, 1.54) is 0 Å². The van der Waals surface area contributed by atoms with Crippen LogP contribution in [-0.4, -0.2) is 36.7 Å². The van der Waals surface area contributed by atoms with Crippen LogP contribution < -0.4 is 15.5 Å². The number of rotatable bonds is 4. The number of thiazole rings is 1. The highest BCUT2D eigenvalue weighted by atomic mass is 32.1. The Balaban J connectivity index is 1.72. The molecule has 0 aliphatic carbocycles. The molecule has 0 bridgehead atoms. The third-order valence-corrected chi connectivity index (χ3v) is 3.89. The van der Waals surface area contributed by atoms with Crippen LogP contribution in [0.15, 0.2) is 11.6 Å². The first-order valence-electron chi connectivity index (χ1n) is 6.48. The molecule has 2 N–H and O–H groups in total.